The third-order valence-electron chi connectivity index (χ3n) is 1.95. The third-order valence-corrected chi connectivity index (χ3v) is 2.57. The molecule has 3 heteroatoms. The van der Waals surface area contributed by atoms with Crippen LogP contribution in [0, 0.1) is 0 Å². The first-order valence-electron chi connectivity index (χ1n) is 4.75. The van der Waals surface area contributed by atoms with Crippen molar-refractivity contribution in [2.75, 3.05) is 19.4 Å². The second-order valence-electron chi connectivity index (χ2n) is 3.15. The van der Waals surface area contributed by atoms with Crippen molar-refractivity contribution in [3.8, 4) is 0 Å². The Morgan fingerprint density at radius 2 is 1.86 bits per heavy atom. The molecule has 0 spiro atoms. The van der Waals surface area contributed by atoms with Gasteiger partial charge in [0.1, 0.15) is 0 Å². The SMILES string of the molecule is CSCc1ccc(CNCCO)cc1. The molecule has 14 heavy (non-hydrogen) atoms. The van der Waals surface area contributed by atoms with Crippen LogP contribution in [-0.2, 0) is 12.3 Å². The predicted octanol–water partition coefficient (Wildman–Crippen LogP) is 1.63. The molecule has 0 amide bonds. The summed E-state index contributed by atoms with van der Waals surface area (Å²) in [5, 5.41) is 11.7. The van der Waals surface area contributed by atoms with Gasteiger partial charge in [-0.25, -0.2) is 0 Å². The van der Waals surface area contributed by atoms with Crippen molar-refractivity contribution in [3.63, 3.8) is 0 Å². The lowest BCUT2D eigenvalue weighted by Gasteiger charge is -2.04. The fourth-order valence-corrected chi connectivity index (χ4v) is 1.76. The third kappa shape index (κ3) is 4.13. The maximum atomic E-state index is 8.59. The molecule has 0 saturated heterocycles. The Labute approximate surface area is 89.7 Å². The fourth-order valence-electron chi connectivity index (χ4n) is 1.23. The Bertz CT molecular complexity index is 248. The van der Waals surface area contributed by atoms with Crippen LogP contribution in [0.4, 0.5) is 0 Å². The molecule has 1 aromatic carbocycles. The van der Waals surface area contributed by atoms with E-state index in [2.05, 4.69) is 35.8 Å². The second-order valence-corrected chi connectivity index (χ2v) is 4.02. The first-order valence-corrected chi connectivity index (χ1v) is 6.14. The summed E-state index contributed by atoms with van der Waals surface area (Å²) >= 11 is 1.83. The zero-order valence-corrected chi connectivity index (χ0v) is 9.31. The van der Waals surface area contributed by atoms with Crippen molar-refractivity contribution in [2.24, 2.45) is 0 Å². The van der Waals surface area contributed by atoms with E-state index in [0.717, 1.165) is 12.3 Å². The molecule has 1 aromatic rings. The summed E-state index contributed by atoms with van der Waals surface area (Å²) in [6.07, 6.45) is 2.11. The Balaban J connectivity index is 2.38. The molecule has 2 N–H and O–H groups in total. The molecule has 0 aliphatic heterocycles. The largest absolute Gasteiger partial charge is 0.395 e. The van der Waals surface area contributed by atoms with Gasteiger partial charge in [0.25, 0.3) is 0 Å². The number of hydrogen-bond acceptors (Lipinski definition) is 3. The van der Waals surface area contributed by atoms with Gasteiger partial charge in [0.2, 0.25) is 0 Å². The molecule has 1 rings (SSSR count). The molecule has 0 unspecified atom stereocenters. The van der Waals surface area contributed by atoms with E-state index in [4.69, 9.17) is 5.11 Å². The highest BCUT2D eigenvalue weighted by molar-refractivity contribution is 7.97. The number of benzene rings is 1. The molecule has 0 heterocycles. The van der Waals surface area contributed by atoms with Crippen molar-refractivity contribution in [3.05, 3.63) is 35.4 Å². The highest BCUT2D eigenvalue weighted by Gasteiger charge is 1.93. The second kappa shape index (κ2) is 6.87. The van der Waals surface area contributed by atoms with Gasteiger partial charge in [-0.05, 0) is 17.4 Å². The van der Waals surface area contributed by atoms with Gasteiger partial charge in [-0.3, -0.25) is 0 Å². The van der Waals surface area contributed by atoms with Crippen LogP contribution in [-0.4, -0.2) is 24.5 Å². The number of thioether (sulfide) groups is 1. The van der Waals surface area contributed by atoms with E-state index in [-0.39, 0.29) is 6.61 Å². The zero-order chi connectivity index (χ0) is 10.2. The Morgan fingerprint density at radius 1 is 1.21 bits per heavy atom. The smallest absolute Gasteiger partial charge is 0.0556 e. The van der Waals surface area contributed by atoms with Crippen molar-refractivity contribution in [1.29, 1.82) is 0 Å². The van der Waals surface area contributed by atoms with Gasteiger partial charge in [-0.2, -0.15) is 11.8 Å². The minimum atomic E-state index is 0.199. The summed E-state index contributed by atoms with van der Waals surface area (Å²) in [6, 6.07) is 8.59. The molecule has 0 aliphatic rings. The molecular weight excluding hydrogens is 194 g/mol. The van der Waals surface area contributed by atoms with Crippen LogP contribution < -0.4 is 5.32 Å². The number of rotatable bonds is 6. The van der Waals surface area contributed by atoms with Crippen molar-refractivity contribution in [2.45, 2.75) is 12.3 Å². The van der Waals surface area contributed by atoms with Crippen LogP contribution in [0.25, 0.3) is 0 Å². The van der Waals surface area contributed by atoms with Gasteiger partial charge in [0.15, 0.2) is 0 Å². The normalized spacial score (nSPS) is 10.4. The Kier molecular flexibility index (Phi) is 5.68. The minimum Gasteiger partial charge on any atom is -0.395 e. The first-order chi connectivity index (χ1) is 6.86. The standard InChI is InChI=1S/C11H17NOS/c1-14-9-11-4-2-10(3-5-11)8-12-6-7-13/h2-5,12-13H,6-9H2,1H3. The zero-order valence-electron chi connectivity index (χ0n) is 8.49. The van der Waals surface area contributed by atoms with E-state index in [1.807, 2.05) is 11.8 Å². The number of hydrogen-bond donors (Lipinski definition) is 2. The van der Waals surface area contributed by atoms with E-state index in [0.29, 0.717) is 6.54 Å². The average Bonchev–Trinajstić information content (AvgIpc) is 2.21. The summed E-state index contributed by atoms with van der Waals surface area (Å²) in [5.74, 6) is 1.07. The van der Waals surface area contributed by atoms with Crippen LogP contribution in [0.3, 0.4) is 0 Å². The van der Waals surface area contributed by atoms with E-state index >= 15 is 0 Å². The Hall–Kier alpha value is -0.510. The summed E-state index contributed by atoms with van der Waals surface area (Å²) < 4.78 is 0. The van der Waals surface area contributed by atoms with Crippen LogP contribution in [0.1, 0.15) is 11.1 Å². The summed E-state index contributed by atoms with van der Waals surface area (Å²) in [7, 11) is 0. The van der Waals surface area contributed by atoms with Crippen LogP contribution in [0.15, 0.2) is 24.3 Å². The Morgan fingerprint density at radius 3 is 2.43 bits per heavy atom. The molecule has 0 fully saturated rings. The van der Waals surface area contributed by atoms with Gasteiger partial charge in [-0.1, -0.05) is 24.3 Å². The highest BCUT2D eigenvalue weighted by atomic mass is 32.2. The topological polar surface area (TPSA) is 32.3 Å². The average molecular weight is 211 g/mol. The molecule has 0 radical (unpaired) electrons. The van der Waals surface area contributed by atoms with Crippen LogP contribution in [0.2, 0.25) is 0 Å². The maximum absolute atomic E-state index is 8.59. The van der Waals surface area contributed by atoms with Gasteiger partial charge in [0, 0.05) is 18.8 Å². The number of nitrogens with one attached hydrogen (secondary N) is 1. The monoisotopic (exact) mass is 211 g/mol. The number of aliphatic hydroxyl groups excluding tert-OH is 1. The van der Waals surface area contributed by atoms with E-state index in [9.17, 15) is 0 Å². The maximum Gasteiger partial charge on any atom is 0.0556 e. The summed E-state index contributed by atoms with van der Waals surface area (Å²) in [6.45, 7) is 1.69. The molecule has 0 saturated carbocycles. The molecule has 0 bridgehead atoms. The lowest BCUT2D eigenvalue weighted by atomic mass is 10.1. The summed E-state index contributed by atoms with van der Waals surface area (Å²) in [5.41, 5.74) is 2.63. The highest BCUT2D eigenvalue weighted by Crippen LogP contribution is 2.10. The number of aliphatic hydroxyl groups is 1. The van der Waals surface area contributed by atoms with Crippen molar-refractivity contribution >= 4 is 11.8 Å². The van der Waals surface area contributed by atoms with E-state index in [1.54, 1.807) is 0 Å². The molecule has 78 valence electrons. The van der Waals surface area contributed by atoms with Gasteiger partial charge in [0.05, 0.1) is 6.61 Å². The van der Waals surface area contributed by atoms with Gasteiger partial charge >= 0.3 is 0 Å². The van der Waals surface area contributed by atoms with Crippen LogP contribution in [0.5, 0.6) is 0 Å². The van der Waals surface area contributed by atoms with Gasteiger partial charge < -0.3 is 10.4 Å². The molecule has 2 nitrogen and oxygen atoms in total. The quantitative estimate of drug-likeness (QED) is 0.702. The minimum absolute atomic E-state index is 0.199. The lowest BCUT2D eigenvalue weighted by molar-refractivity contribution is 0.292. The van der Waals surface area contributed by atoms with E-state index in [1.165, 1.54) is 11.1 Å². The van der Waals surface area contributed by atoms with E-state index < -0.39 is 0 Å². The predicted molar refractivity (Wildman–Crippen MR) is 62.5 cm³/mol. The van der Waals surface area contributed by atoms with Crippen molar-refractivity contribution in [1.82, 2.24) is 5.32 Å². The molecule has 0 aromatic heterocycles. The van der Waals surface area contributed by atoms with Gasteiger partial charge in [-0.15, -0.1) is 0 Å². The van der Waals surface area contributed by atoms with Crippen molar-refractivity contribution < 1.29 is 5.11 Å². The van der Waals surface area contributed by atoms with Crippen LogP contribution >= 0.6 is 11.8 Å². The lowest BCUT2D eigenvalue weighted by Crippen LogP contribution is -2.17. The summed E-state index contributed by atoms with van der Waals surface area (Å²) in [4.78, 5) is 0. The molecule has 0 atom stereocenters. The molecular formula is C11H17NOS. The molecule has 0 aliphatic carbocycles. The fraction of sp³-hybridized carbons (Fsp3) is 0.455. The first kappa shape index (κ1) is 11.6.